The second-order valence-corrected chi connectivity index (χ2v) is 4.34. The predicted octanol–water partition coefficient (Wildman–Crippen LogP) is 2.78. The van der Waals surface area contributed by atoms with Gasteiger partial charge in [0.05, 0.1) is 25.3 Å². The van der Waals surface area contributed by atoms with E-state index < -0.39 is 5.82 Å². The molecule has 0 unspecified atom stereocenters. The van der Waals surface area contributed by atoms with Crippen molar-refractivity contribution in [3.05, 3.63) is 58.9 Å². The van der Waals surface area contributed by atoms with E-state index in [-0.39, 0.29) is 18.8 Å². The topological polar surface area (TPSA) is 62.5 Å². The van der Waals surface area contributed by atoms with E-state index >= 15 is 0 Å². The van der Waals surface area contributed by atoms with Crippen LogP contribution in [0.25, 0.3) is 0 Å². The molecule has 0 fully saturated rings. The molecule has 0 amide bonds. The number of nitrogens with zero attached hydrogens (tertiary/aromatic N) is 1. The third-order valence-corrected chi connectivity index (χ3v) is 3.00. The molecule has 1 N–H and O–H groups in total. The monoisotopic (exact) mass is 287 g/mol. The number of halogens is 1. The van der Waals surface area contributed by atoms with Gasteiger partial charge >= 0.3 is 0 Å². The molecule has 0 aromatic heterocycles. The largest absolute Gasteiger partial charge is 0.497 e. The summed E-state index contributed by atoms with van der Waals surface area (Å²) in [4.78, 5) is 0. The van der Waals surface area contributed by atoms with E-state index in [1.54, 1.807) is 18.2 Å². The van der Waals surface area contributed by atoms with Crippen molar-refractivity contribution in [3.63, 3.8) is 0 Å². The van der Waals surface area contributed by atoms with Crippen LogP contribution in [0.15, 0.2) is 36.4 Å². The Morgan fingerprint density at radius 1 is 1.19 bits per heavy atom. The van der Waals surface area contributed by atoms with E-state index in [1.807, 2.05) is 6.07 Å². The highest BCUT2D eigenvalue weighted by Gasteiger charge is 2.08. The van der Waals surface area contributed by atoms with Crippen LogP contribution in [-0.2, 0) is 13.2 Å². The fourth-order valence-electron chi connectivity index (χ4n) is 1.84. The van der Waals surface area contributed by atoms with Crippen LogP contribution in [0.3, 0.4) is 0 Å². The normalized spacial score (nSPS) is 10.0. The first-order valence-electron chi connectivity index (χ1n) is 6.27. The second-order valence-electron chi connectivity index (χ2n) is 4.34. The van der Waals surface area contributed by atoms with Crippen molar-refractivity contribution in [2.24, 2.45) is 0 Å². The highest BCUT2D eigenvalue weighted by molar-refractivity contribution is 5.40. The molecule has 5 heteroatoms. The molecule has 2 rings (SSSR count). The molecule has 2 aromatic carbocycles. The molecule has 0 atom stereocenters. The van der Waals surface area contributed by atoms with Crippen molar-refractivity contribution < 1.29 is 19.0 Å². The Labute approximate surface area is 122 Å². The Morgan fingerprint density at radius 2 is 2.00 bits per heavy atom. The van der Waals surface area contributed by atoms with E-state index in [0.717, 1.165) is 0 Å². The zero-order valence-corrected chi connectivity index (χ0v) is 11.5. The maximum Gasteiger partial charge on any atom is 0.131 e. The minimum Gasteiger partial charge on any atom is -0.497 e. The van der Waals surface area contributed by atoms with Gasteiger partial charge in [-0.05, 0) is 30.3 Å². The van der Waals surface area contributed by atoms with Crippen LogP contribution < -0.4 is 9.47 Å². The second kappa shape index (κ2) is 6.73. The molecule has 0 radical (unpaired) electrons. The van der Waals surface area contributed by atoms with Gasteiger partial charge in [0.25, 0.3) is 0 Å². The first-order valence-corrected chi connectivity index (χ1v) is 6.27. The molecule has 0 aliphatic rings. The molecule has 0 heterocycles. The number of aliphatic hydroxyl groups is 1. The predicted molar refractivity (Wildman–Crippen MR) is 74.4 cm³/mol. The minimum atomic E-state index is -0.492. The summed E-state index contributed by atoms with van der Waals surface area (Å²) < 4.78 is 24.3. The van der Waals surface area contributed by atoms with Gasteiger partial charge in [0.1, 0.15) is 23.9 Å². The quantitative estimate of drug-likeness (QED) is 0.918. The maximum absolute atomic E-state index is 13.7. The lowest BCUT2D eigenvalue weighted by atomic mass is 10.1. The van der Waals surface area contributed by atoms with Gasteiger partial charge in [-0.3, -0.25) is 0 Å². The lowest BCUT2D eigenvalue weighted by molar-refractivity contribution is 0.256. The van der Waals surface area contributed by atoms with E-state index in [2.05, 4.69) is 0 Å². The van der Waals surface area contributed by atoms with E-state index in [0.29, 0.717) is 22.6 Å². The van der Waals surface area contributed by atoms with Gasteiger partial charge in [-0.2, -0.15) is 5.26 Å². The SMILES string of the molecule is COc1ccc(OCc2ccc(C#N)cc2F)c(CO)c1. The van der Waals surface area contributed by atoms with Crippen LogP contribution in [0.4, 0.5) is 4.39 Å². The summed E-state index contributed by atoms with van der Waals surface area (Å²) in [5.41, 5.74) is 1.16. The van der Waals surface area contributed by atoms with Crippen molar-refractivity contribution in [2.45, 2.75) is 13.2 Å². The lowest BCUT2D eigenvalue weighted by Crippen LogP contribution is -2.01. The summed E-state index contributed by atoms with van der Waals surface area (Å²) in [5.74, 6) is 0.575. The van der Waals surface area contributed by atoms with Crippen molar-refractivity contribution in [1.82, 2.24) is 0 Å². The summed E-state index contributed by atoms with van der Waals surface area (Å²) in [7, 11) is 1.53. The first kappa shape index (κ1) is 14.8. The minimum absolute atomic E-state index is 0.0108. The molecule has 2 aromatic rings. The Kier molecular flexibility index (Phi) is 4.75. The fraction of sp³-hybridized carbons (Fsp3) is 0.188. The summed E-state index contributed by atoms with van der Waals surface area (Å²) in [6.07, 6.45) is 0. The average molecular weight is 287 g/mol. The van der Waals surface area contributed by atoms with E-state index in [1.165, 1.54) is 25.3 Å². The number of ether oxygens (including phenoxy) is 2. The van der Waals surface area contributed by atoms with Crippen LogP contribution in [0.1, 0.15) is 16.7 Å². The van der Waals surface area contributed by atoms with Gasteiger partial charge in [0.2, 0.25) is 0 Å². The molecule has 21 heavy (non-hydrogen) atoms. The van der Waals surface area contributed by atoms with Gasteiger partial charge in [-0.1, -0.05) is 6.07 Å². The fourth-order valence-corrected chi connectivity index (χ4v) is 1.84. The van der Waals surface area contributed by atoms with Crippen LogP contribution >= 0.6 is 0 Å². The number of nitriles is 1. The molecule has 108 valence electrons. The van der Waals surface area contributed by atoms with E-state index in [9.17, 15) is 9.50 Å². The Morgan fingerprint density at radius 3 is 2.62 bits per heavy atom. The van der Waals surface area contributed by atoms with Crippen LogP contribution in [-0.4, -0.2) is 12.2 Å². The van der Waals surface area contributed by atoms with Crippen molar-refractivity contribution in [3.8, 4) is 17.6 Å². The Balaban J connectivity index is 2.15. The molecule has 0 saturated heterocycles. The van der Waals surface area contributed by atoms with E-state index in [4.69, 9.17) is 14.7 Å². The van der Waals surface area contributed by atoms with Crippen molar-refractivity contribution >= 4 is 0 Å². The summed E-state index contributed by atoms with van der Waals surface area (Å²) in [6, 6.07) is 11.1. The number of rotatable bonds is 5. The molecular weight excluding hydrogens is 273 g/mol. The van der Waals surface area contributed by atoms with Crippen LogP contribution in [0.2, 0.25) is 0 Å². The summed E-state index contributed by atoms with van der Waals surface area (Å²) in [6.45, 7) is -0.195. The van der Waals surface area contributed by atoms with Gasteiger partial charge in [-0.15, -0.1) is 0 Å². The van der Waals surface area contributed by atoms with Crippen molar-refractivity contribution in [1.29, 1.82) is 5.26 Å². The van der Waals surface area contributed by atoms with Gasteiger partial charge < -0.3 is 14.6 Å². The number of hydrogen-bond acceptors (Lipinski definition) is 4. The molecule has 0 saturated carbocycles. The average Bonchev–Trinajstić information content (AvgIpc) is 2.53. The molecular formula is C16H14FNO3. The Bertz CT molecular complexity index is 680. The zero-order chi connectivity index (χ0) is 15.2. The lowest BCUT2D eigenvalue weighted by Gasteiger charge is -2.12. The Hall–Kier alpha value is -2.58. The molecule has 0 aliphatic carbocycles. The van der Waals surface area contributed by atoms with Crippen LogP contribution in [0, 0.1) is 17.1 Å². The third kappa shape index (κ3) is 3.50. The number of aliphatic hydroxyl groups excluding tert-OH is 1. The standard InChI is InChI=1S/C16H14FNO3/c1-20-14-4-5-16(13(7-14)9-19)21-10-12-3-2-11(8-18)6-15(12)17/h2-7,19H,9-10H2,1H3. The van der Waals surface area contributed by atoms with Gasteiger partial charge in [0.15, 0.2) is 0 Å². The number of methoxy groups -OCH3 is 1. The molecule has 0 spiro atoms. The summed E-state index contributed by atoms with van der Waals surface area (Å²) in [5, 5.41) is 18.0. The molecule has 0 aliphatic heterocycles. The number of hydrogen-bond donors (Lipinski definition) is 1. The molecule has 4 nitrogen and oxygen atoms in total. The van der Waals surface area contributed by atoms with Crippen LogP contribution in [0.5, 0.6) is 11.5 Å². The summed E-state index contributed by atoms with van der Waals surface area (Å²) >= 11 is 0. The maximum atomic E-state index is 13.7. The smallest absolute Gasteiger partial charge is 0.131 e. The first-order chi connectivity index (χ1) is 10.2. The zero-order valence-electron chi connectivity index (χ0n) is 11.5. The van der Waals surface area contributed by atoms with Gasteiger partial charge in [0, 0.05) is 11.1 Å². The number of benzene rings is 2. The van der Waals surface area contributed by atoms with Gasteiger partial charge in [-0.25, -0.2) is 4.39 Å². The highest BCUT2D eigenvalue weighted by atomic mass is 19.1. The van der Waals surface area contributed by atoms with Crippen molar-refractivity contribution in [2.75, 3.05) is 7.11 Å². The molecule has 0 bridgehead atoms. The highest BCUT2D eigenvalue weighted by Crippen LogP contribution is 2.25. The third-order valence-electron chi connectivity index (χ3n) is 3.00.